The molecule has 122 valence electrons. The van der Waals surface area contributed by atoms with Gasteiger partial charge in [0, 0.05) is 23.0 Å². The van der Waals surface area contributed by atoms with Crippen LogP contribution in [-0.2, 0) is 0 Å². The van der Waals surface area contributed by atoms with E-state index in [0.29, 0.717) is 11.3 Å². The van der Waals surface area contributed by atoms with E-state index in [2.05, 4.69) is 21.4 Å². The Labute approximate surface area is 153 Å². The average Bonchev–Trinajstić information content (AvgIpc) is 3.06. The summed E-state index contributed by atoms with van der Waals surface area (Å²) in [7, 11) is 0. The molecule has 0 saturated heterocycles. The molecule has 0 bridgehead atoms. The fourth-order valence-corrected chi connectivity index (χ4v) is 3.61. The molecule has 2 aromatic carbocycles. The molecule has 0 aliphatic rings. The van der Waals surface area contributed by atoms with Crippen molar-refractivity contribution in [1.82, 2.24) is 9.97 Å². The van der Waals surface area contributed by atoms with Gasteiger partial charge in [0.15, 0.2) is 0 Å². The lowest BCUT2D eigenvalue weighted by molar-refractivity contribution is 0.102. The summed E-state index contributed by atoms with van der Waals surface area (Å²) in [4.78, 5) is 20.9. The topological polar surface area (TPSA) is 54.9 Å². The van der Waals surface area contributed by atoms with E-state index in [1.54, 1.807) is 17.4 Å². The van der Waals surface area contributed by atoms with Crippen LogP contribution in [0.4, 0.5) is 5.69 Å². The highest BCUT2D eigenvalue weighted by Crippen LogP contribution is 2.31. The Morgan fingerprint density at radius 1 is 1.04 bits per heavy atom. The Hall–Kier alpha value is -2.76. The van der Waals surface area contributed by atoms with Crippen molar-refractivity contribution in [3.05, 3.63) is 77.6 Å². The number of amides is 1. The Morgan fingerprint density at radius 3 is 2.76 bits per heavy atom. The molecule has 0 fully saturated rings. The fraction of sp³-hybridized carbons (Fsp3) is 0. The first-order valence-corrected chi connectivity index (χ1v) is 8.77. The third-order valence-electron chi connectivity index (χ3n) is 3.65. The Kier molecular flexibility index (Phi) is 4.17. The van der Waals surface area contributed by atoms with Gasteiger partial charge in [0.25, 0.3) is 5.91 Å². The van der Waals surface area contributed by atoms with Crippen LogP contribution in [0.25, 0.3) is 20.8 Å². The summed E-state index contributed by atoms with van der Waals surface area (Å²) in [6, 6.07) is 18.8. The van der Waals surface area contributed by atoms with E-state index >= 15 is 0 Å². The van der Waals surface area contributed by atoms with E-state index < -0.39 is 0 Å². The summed E-state index contributed by atoms with van der Waals surface area (Å²) in [5, 5.41) is 4.09. The number of fused-ring (bicyclic) bond motifs is 1. The molecule has 0 radical (unpaired) electrons. The lowest BCUT2D eigenvalue weighted by atomic mass is 10.2. The second-order valence-electron chi connectivity index (χ2n) is 5.39. The van der Waals surface area contributed by atoms with Crippen molar-refractivity contribution >= 4 is 44.7 Å². The number of hydrogen-bond donors (Lipinski definition) is 1. The van der Waals surface area contributed by atoms with E-state index in [0.717, 1.165) is 20.8 Å². The highest BCUT2D eigenvalue weighted by molar-refractivity contribution is 7.21. The number of carbonyl (C=O) groups is 1. The van der Waals surface area contributed by atoms with Crippen molar-refractivity contribution in [2.75, 3.05) is 5.32 Å². The number of nitrogens with zero attached hydrogens (tertiary/aromatic N) is 2. The van der Waals surface area contributed by atoms with E-state index in [1.807, 2.05) is 42.5 Å². The quantitative estimate of drug-likeness (QED) is 0.503. The molecule has 0 atom stereocenters. The summed E-state index contributed by atoms with van der Waals surface area (Å²) in [6.45, 7) is 0. The summed E-state index contributed by atoms with van der Waals surface area (Å²) in [6.07, 6.45) is 1.51. The predicted molar refractivity (Wildman–Crippen MR) is 102 cm³/mol. The van der Waals surface area contributed by atoms with E-state index in [4.69, 9.17) is 11.6 Å². The Balaban J connectivity index is 1.62. The third-order valence-corrected chi connectivity index (χ3v) is 4.94. The number of aromatic nitrogens is 2. The standard InChI is InChI=1S/C19H12ClN3OS/c20-17-11-12(8-9-21-17)18(24)22-14-5-3-4-13(10-14)19-23-15-6-1-2-7-16(15)25-19/h1-11H,(H,22,24). The zero-order chi connectivity index (χ0) is 17.2. The van der Waals surface area contributed by atoms with Crippen LogP contribution in [0.5, 0.6) is 0 Å². The van der Waals surface area contributed by atoms with Crippen molar-refractivity contribution in [1.29, 1.82) is 0 Å². The van der Waals surface area contributed by atoms with Crippen LogP contribution in [0.2, 0.25) is 5.15 Å². The number of para-hydroxylation sites is 1. The number of hydrogen-bond acceptors (Lipinski definition) is 4. The minimum atomic E-state index is -0.231. The average molecular weight is 366 g/mol. The first-order chi connectivity index (χ1) is 12.2. The molecular weight excluding hydrogens is 354 g/mol. The second kappa shape index (κ2) is 6.63. The van der Waals surface area contributed by atoms with Gasteiger partial charge in [0.1, 0.15) is 10.2 Å². The second-order valence-corrected chi connectivity index (χ2v) is 6.81. The van der Waals surface area contributed by atoms with Gasteiger partial charge in [0.2, 0.25) is 0 Å². The monoisotopic (exact) mass is 365 g/mol. The molecular formula is C19H12ClN3OS. The van der Waals surface area contributed by atoms with Crippen molar-refractivity contribution < 1.29 is 4.79 Å². The zero-order valence-corrected chi connectivity index (χ0v) is 14.5. The van der Waals surface area contributed by atoms with Crippen LogP contribution >= 0.6 is 22.9 Å². The molecule has 4 rings (SSSR count). The summed E-state index contributed by atoms with van der Waals surface area (Å²) >= 11 is 7.46. The Morgan fingerprint density at radius 2 is 1.92 bits per heavy atom. The lowest BCUT2D eigenvalue weighted by Gasteiger charge is -2.06. The number of halogens is 1. The molecule has 4 aromatic rings. The SMILES string of the molecule is O=C(Nc1cccc(-c2nc3ccccc3s2)c1)c1ccnc(Cl)c1. The fourth-order valence-electron chi connectivity index (χ4n) is 2.47. The van der Waals surface area contributed by atoms with Gasteiger partial charge in [-0.15, -0.1) is 11.3 Å². The molecule has 1 N–H and O–H groups in total. The summed E-state index contributed by atoms with van der Waals surface area (Å²) in [5.41, 5.74) is 3.11. The lowest BCUT2D eigenvalue weighted by Crippen LogP contribution is -2.11. The molecule has 4 nitrogen and oxygen atoms in total. The molecule has 2 aromatic heterocycles. The van der Waals surface area contributed by atoms with Gasteiger partial charge in [-0.1, -0.05) is 35.9 Å². The third kappa shape index (κ3) is 3.38. The number of benzene rings is 2. The molecule has 6 heteroatoms. The largest absolute Gasteiger partial charge is 0.322 e. The number of nitrogens with one attached hydrogen (secondary N) is 1. The predicted octanol–water partition coefficient (Wildman–Crippen LogP) is 5.26. The molecule has 0 aliphatic carbocycles. The van der Waals surface area contributed by atoms with Gasteiger partial charge in [-0.2, -0.15) is 0 Å². The van der Waals surface area contributed by atoms with Crippen LogP contribution in [0.15, 0.2) is 66.9 Å². The van der Waals surface area contributed by atoms with Crippen molar-refractivity contribution in [2.45, 2.75) is 0 Å². The maximum atomic E-state index is 12.3. The maximum absolute atomic E-state index is 12.3. The van der Waals surface area contributed by atoms with Crippen LogP contribution in [-0.4, -0.2) is 15.9 Å². The van der Waals surface area contributed by atoms with E-state index in [9.17, 15) is 4.79 Å². The smallest absolute Gasteiger partial charge is 0.255 e. The van der Waals surface area contributed by atoms with E-state index in [1.165, 1.54) is 12.3 Å². The highest BCUT2D eigenvalue weighted by atomic mass is 35.5. The van der Waals surface area contributed by atoms with Crippen molar-refractivity contribution in [3.8, 4) is 10.6 Å². The number of thiazole rings is 1. The van der Waals surface area contributed by atoms with Crippen molar-refractivity contribution in [2.24, 2.45) is 0 Å². The molecule has 0 spiro atoms. The Bertz CT molecular complexity index is 1040. The normalized spacial score (nSPS) is 10.8. The van der Waals surface area contributed by atoms with E-state index in [-0.39, 0.29) is 11.1 Å². The molecule has 2 heterocycles. The molecule has 25 heavy (non-hydrogen) atoms. The number of rotatable bonds is 3. The molecule has 0 saturated carbocycles. The van der Waals surface area contributed by atoms with Gasteiger partial charge < -0.3 is 5.32 Å². The minimum Gasteiger partial charge on any atom is -0.322 e. The maximum Gasteiger partial charge on any atom is 0.255 e. The van der Waals surface area contributed by atoms with Crippen LogP contribution in [0.3, 0.4) is 0 Å². The first kappa shape index (κ1) is 15.7. The van der Waals surface area contributed by atoms with Crippen LogP contribution < -0.4 is 5.32 Å². The van der Waals surface area contributed by atoms with Crippen molar-refractivity contribution in [3.63, 3.8) is 0 Å². The highest BCUT2D eigenvalue weighted by Gasteiger charge is 2.10. The molecule has 0 aliphatic heterocycles. The number of carbonyl (C=O) groups excluding carboxylic acids is 1. The first-order valence-electron chi connectivity index (χ1n) is 7.58. The van der Waals surface area contributed by atoms with Gasteiger partial charge in [-0.3, -0.25) is 4.79 Å². The summed E-state index contributed by atoms with van der Waals surface area (Å²) in [5.74, 6) is -0.231. The number of pyridine rings is 1. The van der Waals surface area contributed by atoms with Crippen LogP contribution in [0.1, 0.15) is 10.4 Å². The van der Waals surface area contributed by atoms with Gasteiger partial charge >= 0.3 is 0 Å². The summed E-state index contributed by atoms with van der Waals surface area (Å²) < 4.78 is 1.14. The minimum absolute atomic E-state index is 0.231. The van der Waals surface area contributed by atoms with Gasteiger partial charge in [-0.05, 0) is 36.4 Å². The zero-order valence-electron chi connectivity index (χ0n) is 12.9. The number of anilines is 1. The van der Waals surface area contributed by atoms with Crippen LogP contribution in [0, 0.1) is 0 Å². The molecule has 0 unspecified atom stereocenters. The van der Waals surface area contributed by atoms with Gasteiger partial charge in [0.05, 0.1) is 10.2 Å². The molecule has 1 amide bonds. The van der Waals surface area contributed by atoms with Gasteiger partial charge in [-0.25, -0.2) is 9.97 Å².